The van der Waals surface area contributed by atoms with Crippen LogP contribution in [0.15, 0.2) is 0 Å². The third kappa shape index (κ3) is 1.73. The highest BCUT2D eigenvalue weighted by atomic mass is 35.5. The molecule has 0 bridgehead atoms. The third-order valence-electron chi connectivity index (χ3n) is 3.01. The number of nitrogens with one attached hydrogen (secondary N) is 1. The summed E-state index contributed by atoms with van der Waals surface area (Å²) < 4.78 is 8.13. The Hall–Kier alpha value is -0.350. The standard InChI is InChI=1S/C9H12ClN3S/c10-8-9(13-14-12-8)11-7(5-1-2-5)6-3-4-6/h5-7H,1-4H2,(H,11,13). The Morgan fingerprint density at radius 3 is 2.29 bits per heavy atom. The lowest BCUT2D eigenvalue weighted by atomic mass is 10.1. The molecule has 1 heterocycles. The van der Waals surface area contributed by atoms with E-state index in [4.69, 9.17) is 11.6 Å². The summed E-state index contributed by atoms with van der Waals surface area (Å²) in [6.07, 6.45) is 5.46. The number of aromatic nitrogens is 2. The molecule has 2 saturated carbocycles. The summed E-state index contributed by atoms with van der Waals surface area (Å²) in [4.78, 5) is 0. The quantitative estimate of drug-likeness (QED) is 0.863. The van der Waals surface area contributed by atoms with Crippen LogP contribution in [-0.2, 0) is 0 Å². The maximum Gasteiger partial charge on any atom is 0.186 e. The number of rotatable bonds is 4. The fraction of sp³-hybridized carbons (Fsp3) is 0.778. The zero-order chi connectivity index (χ0) is 9.54. The molecule has 0 aliphatic heterocycles. The van der Waals surface area contributed by atoms with Gasteiger partial charge < -0.3 is 5.32 Å². The van der Waals surface area contributed by atoms with Crippen molar-refractivity contribution in [3.63, 3.8) is 0 Å². The van der Waals surface area contributed by atoms with Crippen molar-refractivity contribution < 1.29 is 0 Å². The second kappa shape index (κ2) is 3.35. The molecule has 0 spiro atoms. The lowest BCUT2D eigenvalue weighted by Gasteiger charge is -2.16. The lowest BCUT2D eigenvalue weighted by molar-refractivity contribution is 0.566. The summed E-state index contributed by atoms with van der Waals surface area (Å²) in [5.41, 5.74) is 0. The van der Waals surface area contributed by atoms with Crippen molar-refractivity contribution in [2.45, 2.75) is 31.7 Å². The van der Waals surface area contributed by atoms with Crippen molar-refractivity contribution in [3.8, 4) is 0 Å². The van der Waals surface area contributed by atoms with Gasteiger partial charge in [0.25, 0.3) is 0 Å². The Labute approximate surface area is 92.2 Å². The molecule has 14 heavy (non-hydrogen) atoms. The fourth-order valence-corrected chi connectivity index (χ4v) is 2.61. The Balaban J connectivity index is 1.71. The first-order chi connectivity index (χ1) is 6.84. The molecule has 2 aliphatic rings. The number of nitrogens with zero attached hydrogens (tertiary/aromatic N) is 2. The molecule has 0 atom stereocenters. The highest BCUT2D eigenvalue weighted by Gasteiger charge is 2.41. The minimum absolute atomic E-state index is 0.529. The summed E-state index contributed by atoms with van der Waals surface area (Å²) in [5.74, 6) is 2.51. The molecule has 76 valence electrons. The molecule has 0 unspecified atom stereocenters. The summed E-state index contributed by atoms with van der Waals surface area (Å²) in [6, 6.07) is 0.608. The summed E-state index contributed by atoms with van der Waals surface area (Å²) >= 11 is 7.09. The van der Waals surface area contributed by atoms with Crippen LogP contribution in [0.25, 0.3) is 0 Å². The van der Waals surface area contributed by atoms with Gasteiger partial charge in [0.15, 0.2) is 11.0 Å². The molecular weight excluding hydrogens is 218 g/mol. The van der Waals surface area contributed by atoms with Gasteiger partial charge in [-0.1, -0.05) is 11.6 Å². The molecule has 0 aromatic carbocycles. The van der Waals surface area contributed by atoms with Gasteiger partial charge in [-0.25, -0.2) is 0 Å². The first-order valence-electron chi connectivity index (χ1n) is 5.09. The summed E-state index contributed by atoms with van der Waals surface area (Å²) in [5, 5.41) is 3.99. The van der Waals surface area contributed by atoms with Gasteiger partial charge in [0.05, 0.1) is 11.7 Å². The van der Waals surface area contributed by atoms with Crippen molar-refractivity contribution in [1.82, 2.24) is 8.75 Å². The number of halogens is 1. The molecule has 3 rings (SSSR count). The van der Waals surface area contributed by atoms with E-state index in [1.165, 1.54) is 37.4 Å². The van der Waals surface area contributed by atoms with Gasteiger partial charge in [0, 0.05) is 6.04 Å². The van der Waals surface area contributed by atoms with E-state index >= 15 is 0 Å². The molecule has 2 fully saturated rings. The fourth-order valence-electron chi connectivity index (χ4n) is 1.95. The minimum atomic E-state index is 0.529. The maximum absolute atomic E-state index is 5.91. The maximum atomic E-state index is 5.91. The van der Waals surface area contributed by atoms with Gasteiger partial charge >= 0.3 is 0 Å². The molecule has 1 aromatic heterocycles. The molecular formula is C9H12ClN3S. The van der Waals surface area contributed by atoms with Gasteiger partial charge in [-0.05, 0) is 37.5 Å². The number of hydrogen-bond acceptors (Lipinski definition) is 4. The average Bonchev–Trinajstić information content (AvgIpc) is 3.05. The van der Waals surface area contributed by atoms with Crippen LogP contribution in [-0.4, -0.2) is 14.8 Å². The van der Waals surface area contributed by atoms with Crippen molar-refractivity contribution in [2.75, 3.05) is 5.32 Å². The van der Waals surface area contributed by atoms with E-state index in [-0.39, 0.29) is 0 Å². The van der Waals surface area contributed by atoms with Gasteiger partial charge in [0.2, 0.25) is 0 Å². The van der Waals surface area contributed by atoms with E-state index in [1.807, 2.05) is 0 Å². The van der Waals surface area contributed by atoms with Crippen LogP contribution < -0.4 is 5.32 Å². The van der Waals surface area contributed by atoms with Gasteiger partial charge in [-0.3, -0.25) is 0 Å². The monoisotopic (exact) mass is 229 g/mol. The van der Waals surface area contributed by atoms with E-state index in [9.17, 15) is 0 Å². The second-order valence-corrected chi connectivity index (χ2v) is 5.14. The Morgan fingerprint density at radius 1 is 1.21 bits per heavy atom. The van der Waals surface area contributed by atoms with Crippen LogP contribution in [0.3, 0.4) is 0 Å². The van der Waals surface area contributed by atoms with Crippen molar-refractivity contribution in [2.24, 2.45) is 11.8 Å². The van der Waals surface area contributed by atoms with Crippen LogP contribution in [0.2, 0.25) is 5.15 Å². The van der Waals surface area contributed by atoms with E-state index < -0.39 is 0 Å². The van der Waals surface area contributed by atoms with Crippen molar-refractivity contribution in [1.29, 1.82) is 0 Å². The predicted octanol–water partition coefficient (Wildman–Crippen LogP) is 2.79. The first-order valence-corrected chi connectivity index (χ1v) is 6.20. The molecule has 1 aromatic rings. The van der Waals surface area contributed by atoms with Crippen LogP contribution in [0.5, 0.6) is 0 Å². The second-order valence-electron chi connectivity index (χ2n) is 4.25. The zero-order valence-corrected chi connectivity index (χ0v) is 9.31. The number of anilines is 1. The smallest absolute Gasteiger partial charge is 0.186 e. The Bertz CT molecular complexity index is 321. The third-order valence-corrected chi connectivity index (χ3v) is 3.90. The topological polar surface area (TPSA) is 37.8 Å². The van der Waals surface area contributed by atoms with Gasteiger partial charge in [-0.15, -0.1) is 0 Å². The van der Waals surface area contributed by atoms with E-state index in [1.54, 1.807) is 0 Å². The van der Waals surface area contributed by atoms with E-state index in [0.717, 1.165) is 17.7 Å². The van der Waals surface area contributed by atoms with Crippen LogP contribution in [0.1, 0.15) is 25.7 Å². The van der Waals surface area contributed by atoms with Gasteiger partial charge in [-0.2, -0.15) is 8.75 Å². The molecule has 0 radical (unpaired) electrons. The minimum Gasteiger partial charge on any atom is -0.363 e. The summed E-state index contributed by atoms with van der Waals surface area (Å²) in [7, 11) is 0. The highest BCUT2D eigenvalue weighted by molar-refractivity contribution is 6.99. The van der Waals surface area contributed by atoms with Crippen LogP contribution in [0.4, 0.5) is 5.82 Å². The Kier molecular flexibility index (Phi) is 2.13. The number of hydrogen-bond donors (Lipinski definition) is 1. The van der Waals surface area contributed by atoms with Crippen LogP contribution >= 0.6 is 23.3 Å². The molecule has 3 nitrogen and oxygen atoms in total. The normalized spacial score (nSPS) is 21.6. The molecule has 0 saturated heterocycles. The predicted molar refractivity (Wildman–Crippen MR) is 57.8 cm³/mol. The zero-order valence-electron chi connectivity index (χ0n) is 7.74. The molecule has 1 N–H and O–H groups in total. The van der Waals surface area contributed by atoms with Crippen molar-refractivity contribution in [3.05, 3.63) is 5.15 Å². The van der Waals surface area contributed by atoms with Gasteiger partial charge in [0.1, 0.15) is 0 Å². The highest BCUT2D eigenvalue weighted by Crippen LogP contribution is 2.46. The largest absolute Gasteiger partial charge is 0.363 e. The molecule has 2 aliphatic carbocycles. The summed E-state index contributed by atoms with van der Waals surface area (Å²) in [6.45, 7) is 0. The SMILES string of the molecule is Clc1nsnc1NC(C1CC1)C1CC1. The molecule has 5 heteroatoms. The van der Waals surface area contributed by atoms with E-state index in [2.05, 4.69) is 14.1 Å². The van der Waals surface area contributed by atoms with Crippen molar-refractivity contribution >= 4 is 29.1 Å². The average molecular weight is 230 g/mol. The van der Waals surface area contributed by atoms with E-state index in [0.29, 0.717) is 11.2 Å². The lowest BCUT2D eigenvalue weighted by Crippen LogP contribution is -2.24. The Morgan fingerprint density at radius 2 is 1.86 bits per heavy atom. The molecule has 0 amide bonds. The first kappa shape index (κ1) is 8.92. The van der Waals surface area contributed by atoms with Crippen LogP contribution in [0, 0.1) is 11.8 Å².